The average Bonchev–Trinajstić information content (AvgIpc) is 2.76. The molecule has 3 atom stereocenters. The Morgan fingerprint density at radius 2 is 2.18 bits per heavy atom. The molecule has 0 spiro atoms. The number of carbonyl (C=O) groups excluding carboxylic acids is 1. The zero-order valence-electron chi connectivity index (χ0n) is 11.5. The topological polar surface area (TPSA) is 58.1 Å². The normalized spacial score (nSPS) is 27.7. The summed E-state index contributed by atoms with van der Waals surface area (Å²) in [6, 6.07) is -0.0292. The lowest BCUT2D eigenvalue weighted by molar-refractivity contribution is -0.138. The summed E-state index contributed by atoms with van der Waals surface area (Å²) in [5, 5.41) is 2.01. The van der Waals surface area contributed by atoms with Gasteiger partial charge in [-0.2, -0.15) is 13.2 Å². The van der Waals surface area contributed by atoms with Crippen LogP contribution in [0.2, 0.25) is 5.15 Å². The van der Waals surface area contributed by atoms with Crippen LogP contribution in [0.15, 0.2) is 6.20 Å². The summed E-state index contributed by atoms with van der Waals surface area (Å²) in [7, 11) is 0. The largest absolute Gasteiger partial charge is 0.420 e. The van der Waals surface area contributed by atoms with Crippen LogP contribution in [0.3, 0.4) is 0 Å². The van der Waals surface area contributed by atoms with E-state index in [9.17, 15) is 18.0 Å². The maximum absolute atomic E-state index is 12.6. The highest BCUT2D eigenvalue weighted by molar-refractivity contribution is 6.30. The fourth-order valence-corrected chi connectivity index (χ4v) is 3.31. The molecular weight excluding hydrogens is 321 g/mol. The average molecular weight is 335 g/mol. The monoisotopic (exact) mass is 334 g/mol. The van der Waals surface area contributed by atoms with Crippen molar-refractivity contribution in [2.45, 2.75) is 25.1 Å². The van der Waals surface area contributed by atoms with Crippen LogP contribution in [0.4, 0.5) is 13.2 Å². The Labute approximate surface area is 129 Å². The van der Waals surface area contributed by atoms with E-state index in [-0.39, 0.29) is 11.9 Å². The summed E-state index contributed by atoms with van der Waals surface area (Å²) in [5.74, 6) is -0.370. The fraction of sp³-hybridized carbons (Fsp3) is 0.615. The Kier molecular flexibility index (Phi) is 3.98. The standard InChI is InChI=1S/C13H14ClF3N4O/c14-10-9(13(15,16)17)4-18-11(20-10)12(22)19-8-3-7-1-2-21(5-7)6-8/h4,7-8H,1-3,5-6H2,(H,19,22). The lowest BCUT2D eigenvalue weighted by Gasteiger charge is -2.30. The van der Waals surface area contributed by atoms with Crippen LogP contribution in [0.25, 0.3) is 0 Å². The van der Waals surface area contributed by atoms with Crippen molar-refractivity contribution in [3.8, 4) is 0 Å². The zero-order chi connectivity index (χ0) is 15.9. The molecule has 5 nitrogen and oxygen atoms in total. The van der Waals surface area contributed by atoms with Gasteiger partial charge in [0.1, 0.15) is 10.7 Å². The molecule has 2 aliphatic heterocycles. The highest BCUT2D eigenvalue weighted by atomic mass is 35.5. The lowest BCUT2D eigenvalue weighted by atomic mass is 9.97. The van der Waals surface area contributed by atoms with Crippen molar-refractivity contribution in [2.24, 2.45) is 5.92 Å². The Hall–Kier alpha value is -1.41. The second-order valence-corrected chi connectivity index (χ2v) is 6.07. The second kappa shape index (κ2) is 5.66. The molecule has 2 aliphatic rings. The molecule has 2 bridgehead atoms. The van der Waals surface area contributed by atoms with E-state index >= 15 is 0 Å². The van der Waals surface area contributed by atoms with Crippen molar-refractivity contribution < 1.29 is 18.0 Å². The van der Waals surface area contributed by atoms with Crippen LogP contribution in [-0.4, -0.2) is 46.5 Å². The fourth-order valence-electron chi connectivity index (χ4n) is 3.07. The van der Waals surface area contributed by atoms with Crippen LogP contribution in [0, 0.1) is 5.92 Å². The maximum atomic E-state index is 12.6. The number of carbonyl (C=O) groups is 1. The third-order valence-corrected chi connectivity index (χ3v) is 4.34. The molecule has 2 fully saturated rings. The maximum Gasteiger partial charge on any atom is 0.420 e. The highest BCUT2D eigenvalue weighted by Crippen LogP contribution is 2.33. The van der Waals surface area contributed by atoms with E-state index < -0.39 is 22.8 Å². The smallest absolute Gasteiger partial charge is 0.345 e. The summed E-state index contributed by atoms with van der Waals surface area (Å²) < 4.78 is 37.7. The number of hydrogen-bond acceptors (Lipinski definition) is 4. The van der Waals surface area contributed by atoms with Crippen LogP contribution in [-0.2, 0) is 6.18 Å². The predicted octanol–water partition coefficient (Wildman–Crippen LogP) is 1.97. The van der Waals surface area contributed by atoms with E-state index in [1.165, 1.54) is 0 Å². The molecule has 0 saturated carbocycles. The summed E-state index contributed by atoms with van der Waals surface area (Å²) in [6.07, 6.45) is -2.11. The minimum absolute atomic E-state index is 0.0292. The van der Waals surface area contributed by atoms with Gasteiger partial charge in [0.25, 0.3) is 5.91 Å². The Balaban J connectivity index is 1.69. The number of amides is 1. The van der Waals surface area contributed by atoms with Crippen molar-refractivity contribution >= 4 is 17.5 Å². The number of nitrogens with one attached hydrogen (secondary N) is 1. The van der Waals surface area contributed by atoms with Crippen molar-refractivity contribution in [3.63, 3.8) is 0 Å². The molecule has 1 N–H and O–H groups in total. The third kappa shape index (κ3) is 3.17. The molecule has 1 aromatic rings. The first-order valence-corrected chi connectivity index (χ1v) is 7.33. The number of piperidine rings is 1. The van der Waals surface area contributed by atoms with Gasteiger partial charge in [0.05, 0.1) is 0 Å². The summed E-state index contributed by atoms with van der Waals surface area (Å²) >= 11 is 5.50. The van der Waals surface area contributed by atoms with Gasteiger partial charge >= 0.3 is 6.18 Å². The van der Waals surface area contributed by atoms with E-state index in [0.29, 0.717) is 12.1 Å². The summed E-state index contributed by atoms with van der Waals surface area (Å²) in [4.78, 5) is 21.3. The predicted molar refractivity (Wildman–Crippen MR) is 72.5 cm³/mol. The van der Waals surface area contributed by atoms with Gasteiger partial charge in [0, 0.05) is 25.3 Å². The quantitative estimate of drug-likeness (QED) is 0.840. The molecule has 2 saturated heterocycles. The van der Waals surface area contributed by atoms with Gasteiger partial charge in [-0.3, -0.25) is 4.79 Å². The number of alkyl halides is 3. The molecule has 3 heterocycles. The van der Waals surface area contributed by atoms with Crippen molar-refractivity contribution in [2.75, 3.05) is 19.6 Å². The van der Waals surface area contributed by atoms with Crippen LogP contribution in [0.5, 0.6) is 0 Å². The van der Waals surface area contributed by atoms with Crippen LogP contribution >= 0.6 is 11.6 Å². The molecule has 3 unspecified atom stereocenters. The van der Waals surface area contributed by atoms with Crippen molar-refractivity contribution in [1.29, 1.82) is 0 Å². The molecule has 0 aromatic carbocycles. The zero-order valence-corrected chi connectivity index (χ0v) is 12.3. The van der Waals surface area contributed by atoms with Gasteiger partial charge in [0.15, 0.2) is 0 Å². The van der Waals surface area contributed by atoms with Gasteiger partial charge in [-0.25, -0.2) is 9.97 Å². The Morgan fingerprint density at radius 1 is 1.41 bits per heavy atom. The number of fused-ring (bicyclic) bond motifs is 2. The van der Waals surface area contributed by atoms with Crippen molar-refractivity contribution in [3.05, 3.63) is 22.7 Å². The molecule has 22 heavy (non-hydrogen) atoms. The number of halogens is 4. The van der Waals surface area contributed by atoms with Gasteiger partial charge < -0.3 is 10.2 Å². The van der Waals surface area contributed by atoms with Crippen LogP contribution < -0.4 is 5.32 Å². The first kappa shape index (κ1) is 15.5. The summed E-state index contributed by atoms with van der Waals surface area (Å²) in [6.45, 7) is 2.82. The Bertz CT molecular complexity index is 583. The first-order chi connectivity index (χ1) is 10.3. The van der Waals surface area contributed by atoms with Crippen molar-refractivity contribution in [1.82, 2.24) is 20.2 Å². The van der Waals surface area contributed by atoms with E-state index in [2.05, 4.69) is 20.2 Å². The SMILES string of the molecule is O=C(NC1CC2CCN(C2)C1)c1ncc(C(F)(F)F)c(Cl)n1. The highest BCUT2D eigenvalue weighted by Gasteiger charge is 2.36. The minimum Gasteiger partial charge on any atom is -0.345 e. The van der Waals surface area contributed by atoms with E-state index in [1.807, 2.05) is 0 Å². The summed E-state index contributed by atoms with van der Waals surface area (Å²) in [5.41, 5.74) is -1.15. The van der Waals surface area contributed by atoms with Gasteiger partial charge in [-0.15, -0.1) is 0 Å². The number of aromatic nitrogens is 2. The Morgan fingerprint density at radius 3 is 2.82 bits per heavy atom. The van der Waals surface area contributed by atoms with Gasteiger partial charge in [-0.05, 0) is 25.3 Å². The number of nitrogens with zero attached hydrogens (tertiary/aromatic N) is 3. The molecule has 3 rings (SSSR count). The van der Waals surface area contributed by atoms with Crippen LogP contribution in [0.1, 0.15) is 29.0 Å². The molecule has 0 radical (unpaired) electrons. The minimum atomic E-state index is -4.64. The lowest BCUT2D eigenvalue weighted by Crippen LogP contribution is -2.47. The number of rotatable bonds is 2. The second-order valence-electron chi connectivity index (χ2n) is 5.72. The van der Waals surface area contributed by atoms with E-state index in [0.717, 1.165) is 32.5 Å². The van der Waals surface area contributed by atoms with Gasteiger partial charge in [0.2, 0.25) is 5.82 Å². The molecular formula is C13H14ClF3N4O. The molecule has 1 amide bonds. The first-order valence-electron chi connectivity index (χ1n) is 6.96. The van der Waals surface area contributed by atoms with E-state index in [1.54, 1.807) is 0 Å². The molecule has 0 aliphatic carbocycles. The molecule has 9 heteroatoms. The third-order valence-electron chi connectivity index (χ3n) is 4.05. The van der Waals surface area contributed by atoms with E-state index in [4.69, 9.17) is 11.6 Å². The number of hydrogen-bond donors (Lipinski definition) is 1. The molecule has 1 aromatic heterocycles. The molecule has 120 valence electrons. The van der Waals surface area contributed by atoms with Gasteiger partial charge in [-0.1, -0.05) is 11.6 Å².